The van der Waals surface area contributed by atoms with Crippen molar-refractivity contribution in [2.45, 2.75) is 40.3 Å². The minimum atomic E-state index is -0.328. The normalized spacial score (nSPS) is 12.6. The van der Waals surface area contributed by atoms with Gasteiger partial charge in [0.25, 0.3) is 5.91 Å². The second-order valence-electron chi connectivity index (χ2n) is 7.70. The average molecular weight is 429 g/mol. The van der Waals surface area contributed by atoms with Crippen LogP contribution in [0.3, 0.4) is 0 Å². The highest BCUT2D eigenvalue weighted by Gasteiger charge is 2.23. The van der Waals surface area contributed by atoms with Crippen molar-refractivity contribution in [3.8, 4) is 11.5 Å². The molecule has 0 aliphatic rings. The molecule has 2 aromatic carbocycles. The molecular formula is C24H34N3O4+. The van der Waals surface area contributed by atoms with E-state index in [-0.39, 0.29) is 24.4 Å². The first-order chi connectivity index (χ1) is 14.8. The largest absolute Gasteiger partial charge is 0.493 e. The van der Waals surface area contributed by atoms with Crippen molar-refractivity contribution in [3.63, 3.8) is 0 Å². The molecule has 0 fully saturated rings. The quantitative estimate of drug-likeness (QED) is 0.540. The number of likely N-dealkylation sites (N-methyl/N-ethyl adjacent to an activating group) is 1. The summed E-state index contributed by atoms with van der Waals surface area (Å²) in [6, 6.07) is 11.3. The van der Waals surface area contributed by atoms with Gasteiger partial charge < -0.3 is 25.0 Å². The van der Waals surface area contributed by atoms with Gasteiger partial charge in [-0.3, -0.25) is 9.59 Å². The molecule has 7 heteroatoms. The van der Waals surface area contributed by atoms with Crippen LogP contribution in [0.2, 0.25) is 0 Å². The van der Waals surface area contributed by atoms with Gasteiger partial charge in [-0.25, -0.2) is 0 Å². The van der Waals surface area contributed by atoms with Gasteiger partial charge in [0.2, 0.25) is 5.91 Å². The lowest BCUT2D eigenvalue weighted by atomic mass is 10.1. The molecule has 0 saturated heterocycles. The number of hydrogen-bond donors (Lipinski definition) is 3. The van der Waals surface area contributed by atoms with Crippen LogP contribution < -0.4 is 25.0 Å². The van der Waals surface area contributed by atoms with E-state index in [0.717, 1.165) is 27.3 Å². The maximum Gasteiger partial charge on any atom is 0.278 e. The second-order valence-corrected chi connectivity index (χ2v) is 7.70. The first-order valence-electron chi connectivity index (χ1n) is 10.5. The highest BCUT2D eigenvalue weighted by atomic mass is 16.5. The fraction of sp³-hybridized carbons (Fsp3) is 0.417. The van der Waals surface area contributed by atoms with Crippen LogP contribution in [0.25, 0.3) is 0 Å². The minimum Gasteiger partial charge on any atom is -0.493 e. The molecule has 7 nitrogen and oxygen atoms in total. The van der Waals surface area contributed by atoms with Crippen molar-refractivity contribution < 1.29 is 24.0 Å². The summed E-state index contributed by atoms with van der Waals surface area (Å²) in [4.78, 5) is 25.9. The number of aryl methyl sites for hydroxylation is 2. The molecule has 2 atom stereocenters. The lowest BCUT2D eigenvalue weighted by Crippen LogP contribution is -3.12. The van der Waals surface area contributed by atoms with Gasteiger partial charge >= 0.3 is 0 Å². The summed E-state index contributed by atoms with van der Waals surface area (Å²) in [5, 5.41) is 5.62. The monoisotopic (exact) mass is 428 g/mol. The topological polar surface area (TPSA) is 81.1 Å². The van der Waals surface area contributed by atoms with E-state index in [1.54, 1.807) is 7.11 Å². The fourth-order valence-electron chi connectivity index (χ4n) is 3.31. The molecule has 0 aliphatic carbocycles. The molecule has 0 bridgehead atoms. The molecule has 0 heterocycles. The number of ether oxygens (including phenoxy) is 2. The Morgan fingerprint density at radius 1 is 1.10 bits per heavy atom. The van der Waals surface area contributed by atoms with E-state index in [0.29, 0.717) is 24.7 Å². The van der Waals surface area contributed by atoms with Gasteiger partial charge in [-0.2, -0.15) is 0 Å². The van der Waals surface area contributed by atoms with Gasteiger partial charge in [0, 0.05) is 11.3 Å². The summed E-state index contributed by atoms with van der Waals surface area (Å²) in [7, 11) is 3.56. The number of benzene rings is 2. The third kappa shape index (κ3) is 6.72. The van der Waals surface area contributed by atoms with Crippen LogP contribution in [-0.4, -0.2) is 45.2 Å². The van der Waals surface area contributed by atoms with Gasteiger partial charge in [0.15, 0.2) is 17.5 Å². The number of hydrogen-bond acceptors (Lipinski definition) is 4. The molecule has 2 aromatic rings. The van der Waals surface area contributed by atoms with E-state index in [1.165, 1.54) is 0 Å². The lowest BCUT2D eigenvalue weighted by Gasteiger charge is -2.21. The number of rotatable bonds is 10. The van der Waals surface area contributed by atoms with Crippen molar-refractivity contribution in [2.24, 2.45) is 0 Å². The number of anilines is 1. The van der Waals surface area contributed by atoms with Crippen LogP contribution in [0.5, 0.6) is 11.5 Å². The van der Waals surface area contributed by atoms with Gasteiger partial charge in [-0.05, 0) is 57.0 Å². The average Bonchev–Trinajstić information content (AvgIpc) is 2.75. The maximum atomic E-state index is 12.6. The Kier molecular flexibility index (Phi) is 8.88. The van der Waals surface area contributed by atoms with Crippen molar-refractivity contribution in [1.29, 1.82) is 0 Å². The summed E-state index contributed by atoms with van der Waals surface area (Å²) in [5.41, 5.74) is 3.80. The van der Waals surface area contributed by atoms with Crippen molar-refractivity contribution in [3.05, 3.63) is 53.1 Å². The van der Waals surface area contributed by atoms with Gasteiger partial charge in [0.05, 0.1) is 27.3 Å². The highest BCUT2D eigenvalue weighted by Crippen LogP contribution is 2.27. The standard InChI is InChI=1S/C24H33N3O4/c1-7-31-20-12-11-19(13-21(20)30-6)15-27(5)18(4)24(29)25-14-22(28)26-23-16(2)9-8-10-17(23)3/h8-13,18H,7,14-15H2,1-6H3,(H,25,29)(H,26,28)/p+1/t18-/m0/s1. The summed E-state index contributed by atoms with van der Waals surface area (Å²) in [6.07, 6.45) is 0. The van der Waals surface area contributed by atoms with Crippen LogP contribution >= 0.6 is 0 Å². The smallest absolute Gasteiger partial charge is 0.278 e. The Labute approximate surface area is 184 Å². The summed E-state index contributed by atoms with van der Waals surface area (Å²) < 4.78 is 11.0. The molecular weight excluding hydrogens is 394 g/mol. The Morgan fingerprint density at radius 3 is 2.39 bits per heavy atom. The Morgan fingerprint density at radius 2 is 1.77 bits per heavy atom. The van der Waals surface area contributed by atoms with Gasteiger partial charge in [-0.15, -0.1) is 0 Å². The molecule has 0 radical (unpaired) electrons. The molecule has 168 valence electrons. The number of carbonyl (C=O) groups excluding carboxylic acids is 2. The lowest BCUT2D eigenvalue weighted by molar-refractivity contribution is -0.908. The van der Waals surface area contributed by atoms with E-state index in [1.807, 2.05) is 71.1 Å². The van der Waals surface area contributed by atoms with Crippen LogP contribution in [0, 0.1) is 13.8 Å². The SMILES string of the molecule is CCOc1ccc(C[NH+](C)[C@@H](C)C(=O)NCC(=O)Nc2c(C)cccc2C)cc1OC. The predicted molar refractivity (Wildman–Crippen MR) is 122 cm³/mol. The number of quaternary nitrogens is 1. The summed E-state index contributed by atoms with van der Waals surface area (Å²) >= 11 is 0. The minimum absolute atomic E-state index is 0.0683. The first kappa shape index (κ1) is 24.2. The predicted octanol–water partition coefficient (Wildman–Crippen LogP) is 1.87. The summed E-state index contributed by atoms with van der Waals surface area (Å²) in [5.74, 6) is 0.957. The van der Waals surface area contributed by atoms with Crippen LogP contribution in [0.4, 0.5) is 5.69 Å². The number of nitrogens with one attached hydrogen (secondary N) is 3. The van der Waals surface area contributed by atoms with Crippen LogP contribution in [0.1, 0.15) is 30.5 Å². The molecule has 2 rings (SSSR count). The number of carbonyl (C=O) groups is 2. The van der Waals surface area contributed by atoms with Crippen molar-refractivity contribution >= 4 is 17.5 Å². The van der Waals surface area contributed by atoms with Crippen molar-refractivity contribution in [1.82, 2.24) is 5.32 Å². The van der Waals surface area contributed by atoms with Crippen LogP contribution in [0.15, 0.2) is 36.4 Å². The fourth-order valence-corrected chi connectivity index (χ4v) is 3.31. The number of amides is 2. The zero-order valence-corrected chi connectivity index (χ0v) is 19.3. The van der Waals surface area contributed by atoms with E-state index >= 15 is 0 Å². The van der Waals surface area contributed by atoms with E-state index < -0.39 is 0 Å². The molecule has 3 N–H and O–H groups in total. The Balaban J connectivity index is 1.90. The molecule has 0 aliphatic heterocycles. The molecule has 2 amide bonds. The van der Waals surface area contributed by atoms with E-state index in [4.69, 9.17) is 9.47 Å². The summed E-state index contributed by atoms with van der Waals surface area (Å²) in [6.45, 7) is 8.78. The highest BCUT2D eigenvalue weighted by molar-refractivity contribution is 5.96. The Bertz CT molecular complexity index is 893. The van der Waals surface area contributed by atoms with E-state index in [9.17, 15) is 9.59 Å². The van der Waals surface area contributed by atoms with Gasteiger partial charge in [-0.1, -0.05) is 18.2 Å². The first-order valence-corrected chi connectivity index (χ1v) is 10.5. The molecule has 1 unspecified atom stereocenters. The maximum absolute atomic E-state index is 12.6. The molecule has 31 heavy (non-hydrogen) atoms. The number of methoxy groups -OCH3 is 1. The van der Waals surface area contributed by atoms with Gasteiger partial charge in [0.1, 0.15) is 6.54 Å². The number of para-hydroxylation sites is 1. The molecule has 0 saturated carbocycles. The third-order valence-electron chi connectivity index (χ3n) is 5.31. The van der Waals surface area contributed by atoms with E-state index in [2.05, 4.69) is 10.6 Å². The van der Waals surface area contributed by atoms with Crippen molar-refractivity contribution in [2.75, 3.05) is 32.6 Å². The zero-order chi connectivity index (χ0) is 23.0. The Hall–Kier alpha value is -3.06. The third-order valence-corrected chi connectivity index (χ3v) is 5.31. The molecule has 0 aromatic heterocycles. The second kappa shape index (κ2) is 11.4. The zero-order valence-electron chi connectivity index (χ0n) is 19.3. The molecule has 0 spiro atoms. The van der Waals surface area contributed by atoms with Crippen LogP contribution in [-0.2, 0) is 16.1 Å².